The van der Waals surface area contributed by atoms with E-state index in [9.17, 15) is 14.4 Å². The molecular formula is C11H14N2O6. The van der Waals surface area contributed by atoms with Crippen molar-refractivity contribution in [2.75, 3.05) is 0 Å². The minimum Gasteiger partial charge on any atom is -0.481 e. The Morgan fingerprint density at radius 2 is 2.11 bits per heavy atom. The van der Waals surface area contributed by atoms with E-state index in [1.165, 1.54) is 6.20 Å². The number of carbonyl (C=O) groups is 3. The number of amides is 1. The monoisotopic (exact) mass is 270 g/mol. The van der Waals surface area contributed by atoms with Gasteiger partial charge >= 0.3 is 11.9 Å². The van der Waals surface area contributed by atoms with Crippen LogP contribution in [0, 0.1) is 6.92 Å². The third kappa shape index (κ3) is 4.41. The first-order valence-electron chi connectivity index (χ1n) is 5.58. The average Bonchev–Trinajstić information content (AvgIpc) is 2.73. The third-order valence-electron chi connectivity index (χ3n) is 2.44. The Morgan fingerprint density at radius 1 is 1.42 bits per heavy atom. The zero-order valence-corrected chi connectivity index (χ0v) is 10.3. The quantitative estimate of drug-likeness (QED) is 0.654. The van der Waals surface area contributed by atoms with E-state index in [1.54, 1.807) is 6.92 Å². The van der Waals surface area contributed by atoms with Gasteiger partial charge in [-0.15, -0.1) is 0 Å². The van der Waals surface area contributed by atoms with Crippen molar-refractivity contribution in [3.8, 4) is 0 Å². The molecule has 0 aliphatic heterocycles. The number of hydrogen-bond acceptors (Lipinski definition) is 5. The highest BCUT2D eigenvalue weighted by molar-refractivity contribution is 5.95. The summed E-state index contributed by atoms with van der Waals surface area (Å²) < 4.78 is 4.70. The van der Waals surface area contributed by atoms with Crippen LogP contribution < -0.4 is 5.32 Å². The van der Waals surface area contributed by atoms with Crippen LogP contribution in [-0.2, 0) is 9.59 Å². The number of aromatic nitrogens is 1. The molecule has 0 unspecified atom stereocenters. The molecule has 3 N–H and O–H groups in total. The summed E-state index contributed by atoms with van der Waals surface area (Å²) in [5.41, 5.74) is 0.493. The van der Waals surface area contributed by atoms with Crippen molar-refractivity contribution in [3.05, 3.63) is 17.5 Å². The van der Waals surface area contributed by atoms with Crippen LogP contribution in [0.15, 0.2) is 10.7 Å². The SMILES string of the molecule is Cc1cnoc1C(=O)N[C@H](CCCC(=O)O)C(=O)O. The van der Waals surface area contributed by atoms with Crippen LogP contribution in [0.25, 0.3) is 0 Å². The van der Waals surface area contributed by atoms with Gasteiger partial charge in [0, 0.05) is 12.0 Å². The molecule has 0 fully saturated rings. The van der Waals surface area contributed by atoms with Crippen LogP contribution in [0.2, 0.25) is 0 Å². The van der Waals surface area contributed by atoms with Crippen molar-refractivity contribution in [1.82, 2.24) is 10.5 Å². The Labute approximate surface area is 108 Å². The molecule has 0 saturated carbocycles. The lowest BCUT2D eigenvalue weighted by Gasteiger charge is -2.12. The lowest BCUT2D eigenvalue weighted by atomic mass is 10.1. The first-order valence-corrected chi connectivity index (χ1v) is 5.58. The molecule has 1 aromatic heterocycles. The Balaban J connectivity index is 2.59. The average molecular weight is 270 g/mol. The number of aryl methyl sites for hydroxylation is 1. The maximum atomic E-state index is 11.7. The highest BCUT2D eigenvalue weighted by Gasteiger charge is 2.23. The van der Waals surface area contributed by atoms with Gasteiger partial charge in [-0.05, 0) is 19.8 Å². The molecule has 1 amide bonds. The summed E-state index contributed by atoms with van der Waals surface area (Å²) in [5.74, 6) is -2.97. The van der Waals surface area contributed by atoms with E-state index in [-0.39, 0.29) is 25.0 Å². The van der Waals surface area contributed by atoms with Crippen LogP contribution in [0.4, 0.5) is 0 Å². The largest absolute Gasteiger partial charge is 0.481 e. The van der Waals surface area contributed by atoms with Crippen molar-refractivity contribution in [2.24, 2.45) is 0 Å². The zero-order chi connectivity index (χ0) is 14.4. The van der Waals surface area contributed by atoms with Gasteiger partial charge in [0.05, 0.1) is 6.20 Å². The molecule has 8 nitrogen and oxygen atoms in total. The highest BCUT2D eigenvalue weighted by Crippen LogP contribution is 2.08. The molecule has 0 bridgehead atoms. The lowest BCUT2D eigenvalue weighted by molar-refractivity contribution is -0.140. The molecule has 1 heterocycles. The molecule has 104 valence electrons. The van der Waals surface area contributed by atoms with Gasteiger partial charge in [-0.2, -0.15) is 0 Å². The van der Waals surface area contributed by atoms with E-state index in [1.807, 2.05) is 0 Å². The van der Waals surface area contributed by atoms with E-state index in [2.05, 4.69) is 10.5 Å². The van der Waals surface area contributed by atoms with Crippen molar-refractivity contribution >= 4 is 17.8 Å². The molecule has 0 aromatic carbocycles. The Morgan fingerprint density at radius 3 is 2.58 bits per heavy atom. The van der Waals surface area contributed by atoms with Gasteiger partial charge < -0.3 is 20.1 Å². The first kappa shape index (κ1) is 14.7. The van der Waals surface area contributed by atoms with Crippen LogP contribution >= 0.6 is 0 Å². The predicted octanol–water partition coefficient (Wildman–Crippen LogP) is 0.421. The minimum absolute atomic E-state index is 0.0283. The van der Waals surface area contributed by atoms with Crippen LogP contribution in [-0.4, -0.2) is 39.3 Å². The van der Waals surface area contributed by atoms with Crippen molar-refractivity contribution in [1.29, 1.82) is 0 Å². The van der Waals surface area contributed by atoms with Crippen LogP contribution in [0.3, 0.4) is 0 Å². The molecule has 19 heavy (non-hydrogen) atoms. The van der Waals surface area contributed by atoms with Gasteiger partial charge in [-0.3, -0.25) is 9.59 Å². The van der Waals surface area contributed by atoms with Crippen molar-refractivity contribution < 1.29 is 29.1 Å². The Bertz CT molecular complexity index is 481. The predicted molar refractivity (Wildman–Crippen MR) is 61.6 cm³/mol. The van der Waals surface area contributed by atoms with E-state index in [4.69, 9.17) is 14.7 Å². The fraction of sp³-hybridized carbons (Fsp3) is 0.455. The fourth-order valence-electron chi connectivity index (χ4n) is 1.45. The number of carboxylic acid groups (broad SMARTS) is 2. The summed E-state index contributed by atoms with van der Waals surface area (Å²) in [5, 5.41) is 23.1. The first-order chi connectivity index (χ1) is 8.91. The van der Waals surface area contributed by atoms with Gasteiger partial charge in [0.2, 0.25) is 5.76 Å². The molecule has 0 radical (unpaired) electrons. The number of carbonyl (C=O) groups excluding carboxylic acids is 1. The van der Waals surface area contributed by atoms with E-state index >= 15 is 0 Å². The summed E-state index contributed by atoms with van der Waals surface area (Å²) in [4.78, 5) is 33.0. The van der Waals surface area contributed by atoms with Gasteiger partial charge in [0.25, 0.3) is 5.91 Å². The fourth-order valence-corrected chi connectivity index (χ4v) is 1.45. The summed E-state index contributed by atoms with van der Waals surface area (Å²) in [6, 6.07) is -1.16. The number of aliphatic carboxylic acids is 2. The number of nitrogens with zero attached hydrogens (tertiary/aromatic N) is 1. The molecule has 0 spiro atoms. The van der Waals surface area contributed by atoms with Crippen LogP contribution in [0.5, 0.6) is 0 Å². The second-order valence-electron chi connectivity index (χ2n) is 3.99. The highest BCUT2D eigenvalue weighted by atomic mass is 16.5. The Kier molecular flexibility index (Phi) is 5.04. The van der Waals surface area contributed by atoms with Gasteiger partial charge in [0.1, 0.15) is 6.04 Å². The normalized spacial score (nSPS) is 11.8. The summed E-state index contributed by atoms with van der Waals surface area (Å²) in [6.07, 6.45) is 1.37. The minimum atomic E-state index is -1.23. The maximum Gasteiger partial charge on any atom is 0.326 e. The molecule has 1 rings (SSSR count). The number of rotatable bonds is 7. The van der Waals surface area contributed by atoms with E-state index in [0.29, 0.717) is 5.56 Å². The van der Waals surface area contributed by atoms with E-state index < -0.39 is 23.9 Å². The molecular weight excluding hydrogens is 256 g/mol. The molecule has 0 saturated heterocycles. The summed E-state index contributed by atoms with van der Waals surface area (Å²) in [6.45, 7) is 1.60. The van der Waals surface area contributed by atoms with Crippen molar-refractivity contribution in [2.45, 2.75) is 32.2 Å². The van der Waals surface area contributed by atoms with E-state index in [0.717, 1.165) is 0 Å². The molecule has 0 aliphatic carbocycles. The van der Waals surface area contributed by atoms with Crippen LogP contribution in [0.1, 0.15) is 35.4 Å². The summed E-state index contributed by atoms with van der Waals surface area (Å²) >= 11 is 0. The van der Waals surface area contributed by atoms with Crippen molar-refractivity contribution in [3.63, 3.8) is 0 Å². The molecule has 1 aromatic rings. The topological polar surface area (TPSA) is 130 Å². The molecule has 0 aliphatic rings. The second-order valence-corrected chi connectivity index (χ2v) is 3.99. The molecule has 8 heteroatoms. The summed E-state index contributed by atoms with van der Waals surface area (Å²) in [7, 11) is 0. The third-order valence-corrected chi connectivity index (χ3v) is 2.44. The number of nitrogens with one attached hydrogen (secondary N) is 1. The maximum absolute atomic E-state index is 11.7. The van der Waals surface area contributed by atoms with Gasteiger partial charge in [0.15, 0.2) is 0 Å². The van der Waals surface area contributed by atoms with Gasteiger partial charge in [-0.25, -0.2) is 4.79 Å². The number of carboxylic acids is 2. The smallest absolute Gasteiger partial charge is 0.326 e. The zero-order valence-electron chi connectivity index (χ0n) is 10.3. The molecule has 1 atom stereocenters. The standard InChI is InChI=1S/C11H14N2O6/c1-6-5-12-19-9(6)10(16)13-7(11(17)18)3-2-4-8(14)15/h5,7H,2-4H2,1H3,(H,13,16)(H,14,15)(H,17,18)/t7-/m1/s1. The second kappa shape index (κ2) is 6.53. The Hall–Kier alpha value is -2.38. The lowest BCUT2D eigenvalue weighted by Crippen LogP contribution is -2.40. The number of hydrogen-bond donors (Lipinski definition) is 3. The van der Waals surface area contributed by atoms with Gasteiger partial charge in [-0.1, -0.05) is 5.16 Å².